The highest BCUT2D eigenvalue weighted by molar-refractivity contribution is 7.89. The molecule has 1 saturated carbocycles. The Kier molecular flexibility index (Phi) is 4.93. The van der Waals surface area contributed by atoms with Crippen molar-refractivity contribution in [1.82, 2.24) is 9.71 Å². The molecular formula is C21H25N3O2S. The Bertz CT molecular complexity index is 1040. The Morgan fingerprint density at radius 2 is 1.81 bits per heavy atom. The third-order valence-corrected chi connectivity index (χ3v) is 6.67. The van der Waals surface area contributed by atoms with Crippen molar-refractivity contribution in [1.29, 1.82) is 0 Å². The number of nitrogens with one attached hydrogen (secondary N) is 3. The predicted molar refractivity (Wildman–Crippen MR) is 110 cm³/mol. The number of H-pyrrole nitrogens is 1. The first-order valence-electron chi connectivity index (χ1n) is 9.55. The molecule has 0 spiro atoms. The molecule has 0 saturated heterocycles. The zero-order valence-corrected chi connectivity index (χ0v) is 16.3. The van der Waals surface area contributed by atoms with Crippen LogP contribution in [0.15, 0.2) is 53.4 Å². The van der Waals surface area contributed by atoms with Crippen LogP contribution < -0.4 is 10.0 Å². The van der Waals surface area contributed by atoms with E-state index in [1.54, 1.807) is 19.1 Å². The minimum atomic E-state index is -3.52. The van der Waals surface area contributed by atoms with Crippen LogP contribution in [-0.4, -0.2) is 26.0 Å². The molecular weight excluding hydrogens is 358 g/mol. The maximum absolute atomic E-state index is 12.6. The molecule has 1 aliphatic carbocycles. The smallest absolute Gasteiger partial charge is 0.240 e. The van der Waals surface area contributed by atoms with Gasteiger partial charge in [0.25, 0.3) is 0 Å². The van der Waals surface area contributed by atoms with Gasteiger partial charge in [-0.2, -0.15) is 0 Å². The summed E-state index contributed by atoms with van der Waals surface area (Å²) in [5.41, 5.74) is 3.88. The number of hydrogen-bond donors (Lipinski definition) is 3. The molecule has 6 heteroatoms. The van der Waals surface area contributed by atoms with Crippen molar-refractivity contribution >= 4 is 26.6 Å². The van der Waals surface area contributed by atoms with E-state index in [0.717, 1.165) is 40.7 Å². The van der Waals surface area contributed by atoms with E-state index >= 15 is 0 Å². The lowest BCUT2D eigenvalue weighted by molar-refractivity contribution is 0.584. The van der Waals surface area contributed by atoms with Gasteiger partial charge in [-0.1, -0.05) is 50.1 Å². The zero-order valence-electron chi connectivity index (χ0n) is 15.5. The van der Waals surface area contributed by atoms with Crippen molar-refractivity contribution in [2.45, 2.75) is 43.5 Å². The summed E-state index contributed by atoms with van der Waals surface area (Å²) in [7, 11) is -3.52. The minimum absolute atomic E-state index is 0.302. The van der Waals surface area contributed by atoms with E-state index in [-0.39, 0.29) is 0 Å². The summed E-state index contributed by atoms with van der Waals surface area (Å²) in [5.74, 6) is 0. The van der Waals surface area contributed by atoms with Crippen molar-refractivity contribution in [3.8, 4) is 11.3 Å². The van der Waals surface area contributed by atoms with E-state index in [1.807, 2.05) is 36.4 Å². The van der Waals surface area contributed by atoms with Gasteiger partial charge in [0.1, 0.15) is 0 Å². The fraction of sp³-hybridized carbons (Fsp3) is 0.333. The van der Waals surface area contributed by atoms with Crippen LogP contribution in [0.4, 0.5) is 5.69 Å². The van der Waals surface area contributed by atoms with Crippen LogP contribution in [0, 0.1) is 0 Å². The van der Waals surface area contributed by atoms with Crippen molar-refractivity contribution in [3.63, 3.8) is 0 Å². The molecule has 0 amide bonds. The van der Waals surface area contributed by atoms with Crippen LogP contribution >= 0.6 is 0 Å². The predicted octanol–water partition coefficient (Wildman–Crippen LogP) is 4.49. The summed E-state index contributed by atoms with van der Waals surface area (Å²) in [5, 5.41) is 4.48. The fourth-order valence-electron chi connectivity index (χ4n) is 3.82. The van der Waals surface area contributed by atoms with Crippen molar-refractivity contribution in [3.05, 3.63) is 48.5 Å². The molecule has 1 heterocycles. The van der Waals surface area contributed by atoms with E-state index in [2.05, 4.69) is 15.0 Å². The molecule has 1 aliphatic rings. The first-order chi connectivity index (χ1) is 13.1. The molecule has 0 bridgehead atoms. The van der Waals surface area contributed by atoms with Gasteiger partial charge in [0.05, 0.1) is 16.1 Å². The highest BCUT2D eigenvalue weighted by atomic mass is 32.2. The normalized spacial score (nSPS) is 15.4. The maximum Gasteiger partial charge on any atom is 0.240 e. The van der Waals surface area contributed by atoms with Crippen LogP contribution in [0.2, 0.25) is 0 Å². The quantitative estimate of drug-likeness (QED) is 0.587. The highest BCUT2D eigenvalue weighted by Crippen LogP contribution is 2.33. The summed E-state index contributed by atoms with van der Waals surface area (Å²) in [6.07, 6.45) is 4.68. The van der Waals surface area contributed by atoms with Gasteiger partial charge in [-0.25, -0.2) is 13.1 Å². The first-order valence-corrected chi connectivity index (χ1v) is 11.0. The zero-order chi connectivity index (χ0) is 18.9. The average Bonchev–Trinajstić information content (AvgIpc) is 3.32. The second kappa shape index (κ2) is 7.37. The van der Waals surface area contributed by atoms with Crippen molar-refractivity contribution in [2.75, 3.05) is 11.9 Å². The van der Waals surface area contributed by atoms with E-state index in [1.165, 1.54) is 12.8 Å². The van der Waals surface area contributed by atoms with Gasteiger partial charge < -0.3 is 10.3 Å². The molecule has 3 aromatic rings. The Morgan fingerprint density at radius 3 is 2.52 bits per heavy atom. The number of benzene rings is 2. The molecule has 3 N–H and O–H groups in total. The monoisotopic (exact) mass is 383 g/mol. The Morgan fingerprint density at radius 1 is 1.07 bits per heavy atom. The number of sulfonamides is 1. The third-order valence-electron chi connectivity index (χ3n) is 5.15. The van der Waals surface area contributed by atoms with Crippen LogP contribution in [0.25, 0.3) is 22.2 Å². The van der Waals surface area contributed by atoms with Crippen LogP contribution in [-0.2, 0) is 10.0 Å². The van der Waals surface area contributed by atoms with Crippen molar-refractivity contribution < 1.29 is 8.42 Å². The summed E-state index contributed by atoms with van der Waals surface area (Å²) in [6, 6.07) is 16.0. The SMILES string of the molecule is CCNS(=O)(=O)c1cc(NC2CCCC2)c2[nH]c(-c3ccccc3)cc2c1. The topological polar surface area (TPSA) is 74.0 Å². The molecule has 1 aromatic heterocycles. The number of aromatic amines is 1. The molecule has 0 unspecified atom stereocenters. The van der Waals surface area contributed by atoms with E-state index in [0.29, 0.717) is 17.5 Å². The van der Waals surface area contributed by atoms with E-state index in [4.69, 9.17) is 0 Å². The minimum Gasteiger partial charge on any atom is -0.381 e. The molecule has 0 atom stereocenters. The number of aromatic nitrogens is 1. The van der Waals surface area contributed by atoms with Gasteiger partial charge in [-0.15, -0.1) is 0 Å². The summed E-state index contributed by atoms with van der Waals surface area (Å²) < 4.78 is 27.8. The van der Waals surface area contributed by atoms with Crippen molar-refractivity contribution in [2.24, 2.45) is 0 Å². The number of anilines is 1. The Balaban J connectivity index is 1.84. The Labute approximate surface area is 160 Å². The van der Waals surface area contributed by atoms with Crippen LogP contribution in [0.3, 0.4) is 0 Å². The Hall–Kier alpha value is -2.31. The standard InChI is InChI=1S/C21H25N3O2S/c1-2-22-27(25,26)18-12-16-13-19(15-8-4-3-5-9-15)24-21(16)20(14-18)23-17-10-6-7-11-17/h3-5,8-9,12-14,17,22-24H,2,6-7,10-11H2,1H3. The average molecular weight is 384 g/mol. The summed E-state index contributed by atoms with van der Waals surface area (Å²) in [4.78, 5) is 3.79. The number of fused-ring (bicyclic) bond motifs is 1. The van der Waals surface area contributed by atoms with Gasteiger partial charge in [0, 0.05) is 23.7 Å². The number of hydrogen-bond acceptors (Lipinski definition) is 3. The van der Waals surface area contributed by atoms with Gasteiger partial charge >= 0.3 is 0 Å². The van der Waals surface area contributed by atoms with Crippen LogP contribution in [0.5, 0.6) is 0 Å². The molecule has 5 nitrogen and oxygen atoms in total. The lowest BCUT2D eigenvalue weighted by atomic mass is 10.1. The number of rotatable bonds is 6. The second-order valence-electron chi connectivity index (χ2n) is 7.11. The molecule has 142 valence electrons. The van der Waals surface area contributed by atoms with Gasteiger partial charge in [-0.05, 0) is 36.6 Å². The first kappa shape index (κ1) is 18.1. The van der Waals surface area contributed by atoms with Gasteiger partial charge in [-0.3, -0.25) is 0 Å². The fourth-order valence-corrected chi connectivity index (χ4v) is 4.92. The second-order valence-corrected chi connectivity index (χ2v) is 8.88. The summed E-state index contributed by atoms with van der Waals surface area (Å²) >= 11 is 0. The molecule has 2 aromatic carbocycles. The van der Waals surface area contributed by atoms with Gasteiger partial charge in [0.2, 0.25) is 10.0 Å². The molecule has 1 fully saturated rings. The summed E-state index contributed by atoms with van der Waals surface area (Å²) in [6.45, 7) is 2.16. The third kappa shape index (κ3) is 3.73. The lowest BCUT2D eigenvalue weighted by Gasteiger charge is -2.16. The van der Waals surface area contributed by atoms with Gasteiger partial charge in [0.15, 0.2) is 0 Å². The van der Waals surface area contributed by atoms with E-state index in [9.17, 15) is 8.42 Å². The van der Waals surface area contributed by atoms with Crippen LogP contribution in [0.1, 0.15) is 32.6 Å². The largest absolute Gasteiger partial charge is 0.381 e. The lowest BCUT2D eigenvalue weighted by Crippen LogP contribution is -2.23. The highest BCUT2D eigenvalue weighted by Gasteiger charge is 2.20. The van der Waals surface area contributed by atoms with E-state index < -0.39 is 10.0 Å². The molecule has 4 rings (SSSR count). The molecule has 27 heavy (non-hydrogen) atoms. The molecule has 0 radical (unpaired) electrons. The molecule has 0 aliphatic heterocycles. The maximum atomic E-state index is 12.6.